The number of nitrogens with zero attached hydrogens (tertiary/aromatic N) is 2. The number of aromatic nitrogens is 2. The molecule has 1 aromatic heterocycles. The third-order valence-corrected chi connectivity index (χ3v) is 10.7. The van der Waals surface area contributed by atoms with Gasteiger partial charge < -0.3 is 0 Å². The van der Waals surface area contributed by atoms with Gasteiger partial charge in [-0.1, -0.05) is 0 Å². The fourth-order valence-electron chi connectivity index (χ4n) is 6.29. The normalized spacial score (nSPS) is 12.5. The van der Waals surface area contributed by atoms with E-state index in [2.05, 4.69) is 58.4 Å². The fraction of sp³-hybridized carbons (Fsp3) is 0.146. The van der Waals surface area contributed by atoms with Crippen molar-refractivity contribution in [3.05, 3.63) is 192 Å². The number of methoxy groups -OCH3 is 1. The van der Waals surface area contributed by atoms with Crippen molar-refractivity contribution in [2.45, 2.75) is 29.2 Å². The number of esters is 1. The monoisotopic (exact) mass is 699 g/mol. The average Bonchev–Trinajstić information content (AvgIpc) is 3.61. The maximum atomic E-state index is 13.9. The Morgan fingerprint density at radius 1 is 0.708 bits per heavy atom. The standard InChI is InChI=1S/C41H37N3O3Se/c1-47-39(46)40(27-28-48-37-25-15-6-16-26-37,43-38(45)32-17-7-2-8-18-32)29-36-30-44(31-42-36)41(33-19-9-3-10-20-33,34-21-11-4-12-22-34)35-23-13-5-14-24-35/h2-26,30-31H,27-29H2,1H3,(H,43,45)/t40-/m0/s1. The van der Waals surface area contributed by atoms with Crippen molar-refractivity contribution < 1.29 is 14.3 Å². The molecule has 0 aliphatic rings. The molecule has 1 amide bonds. The zero-order chi connectivity index (χ0) is 33.2. The second kappa shape index (κ2) is 15.1. The second-order valence-corrected chi connectivity index (χ2v) is 14.0. The Morgan fingerprint density at radius 2 is 1.19 bits per heavy atom. The Hall–Kier alpha value is -5.23. The second-order valence-electron chi connectivity index (χ2n) is 11.6. The first-order valence-electron chi connectivity index (χ1n) is 15.9. The van der Waals surface area contributed by atoms with Crippen LogP contribution in [0.25, 0.3) is 0 Å². The van der Waals surface area contributed by atoms with Crippen molar-refractivity contribution in [1.82, 2.24) is 14.9 Å². The third-order valence-electron chi connectivity index (χ3n) is 8.59. The van der Waals surface area contributed by atoms with Gasteiger partial charge in [0.25, 0.3) is 0 Å². The Bertz CT molecular complexity index is 1820. The summed E-state index contributed by atoms with van der Waals surface area (Å²) in [5.41, 5.74) is 2.23. The van der Waals surface area contributed by atoms with Gasteiger partial charge in [-0.25, -0.2) is 0 Å². The van der Waals surface area contributed by atoms with Gasteiger partial charge in [-0.2, -0.15) is 0 Å². The van der Waals surface area contributed by atoms with E-state index in [0.29, 0.717) is 23.0 Å². The summed E-state index contributed by atoms with van der Waals surface area (Å²) in [4.78, 5) is 32.5. The van der Waals surface area contributed by atoms with Crippen molar-refractivity contribution >= 4 is 31.3 Å². The van der Waals surface area contributed by atoms with E-state index in [-0.39, 0.29) is 27.3 Å². The minimum atomic E-state index is -1.34. The first-order valence-corrected chi connectivity index (χ1v) is 18.0. The minimum absolute atomic E-state index is 0.0838. The maximum absolute atomic E-state index is 13.9. The van der Waals surface area contributed by atoms with Gasteiger partial charge in [-0.3, -0.25) is 0 Å². The van der Waals surface area contributed by atoms with Crippen molar-refractivity contribution in [3.63, 3.8) is 0 Å². The third kappa shape index (κ3) is 6.89. The van der Waals surface area contributed by atoms with Gasteiger partial charge in [-0.05, 0) is 0 Å². The molecule has 6 nitrogen and oxygen atoms in total. The molecular formula is C41H37N3O3Se. The van der Waals surface area contributed by atoms with E-state index in [9.17, 15) is 9.59 Å². The van der Waals surface area contributed by atoms with Crippen LogP contribution in [0, 0.1) is 0 Å². The molecule has 0 unspecified atom stereocenters. The molecule has 0 radical (unpaired) electrons. The summed E-state index contributed by atoms with van der Waals surface area (Å²) < 4.78 is 8.77. The molecule has 1 N–H and O–H groups in total. The Kier molecular flexibility index (Phi) is 10.3. The van der Waals surface area contributed by atoms with Gasteiger partial charge in [0.15, 0.2) is 0 Å². The number of rotatable bonds is 13. The van der Waals surface area contributed by atoms with Gasteiger partial charge in [0, 0.05) is 0 Å². The van der Waals surface area contributed by atoms with Crippen LogP contribution in [0.2, 0.25) is 5.32 Å². The van der Waals surface area contributed by atoms with E-state index in [1.165, 1.54) is 11.6 Å². The number of benzene rings is 5. The number of imidazole rings is 1. The van der Waals surface area contributed by atoms with Crippen LogP contribution in [0.1, 0.15) is 39.2 Å². The average molecular weight is 699 g/mol. The Balaban J connectivity index is 1.44. The number of carbonyl (C=O) groups excluding carboxylic acids is 2. The molecular weight excluding hydrogens is 661 g/mol. The number of hydrogen-bond donors (Lipinski definition) is 1. The summed E-state index contributed by atoms with van der Waals surface area (Å²) in [5, 5.41) is 3.83. The molecule has 48 heavy (non-hydrogen) atoms. The number of ether oxygens (including phenoxy) is 1. The molecule has 7 heteroatoms. The van der Waals surface area contributed by atoms with Crippen LogP contribution in [0.5, 0.6) is 0 Å². The molecule has 0 aliphatic heterocycles. The molecule has 0 saturated heterocycles. The van der Waals surface area contributed by atoms with Crippen molar-refractivity contribution in [2.75, 3.05) is 7.11 Å². The van der Waals surface area contributed by atoms with Gasteiger partial charge in [0.05, 0.1) is 0 Å². The summed E-state index contributed by atoms with van der Waals surface area (Å²) in [6.45, 7) is 0. The molecule has 240 valence electrons. The van der Waals surface area contributed by atoms with E-state index in [4.69, 9.17) is 9.72 Å². The summed E-state index contributed by atoms with van der Waals surface area (Å²) >= 11 is 0.0838. The van der Waals surface area contributed by atoms with Crippen LogP contribution in [0.15, 0.2) is 164 Å². The van der Waals surface area contributed by atoms with E-state index >= 15 is 0 Å². The molecule has 5 aromatic carbocycles. The van der Waals surface area contributed by atoms with E-state index in [0.717, 1.165) is 16.7 Å². The van der Waals surface area contributed by atoms with Crippen LogP contribution < -0.4 is 9.78 Å². The zero-order valence-electron chi connectivity index (χ0n) is 26.7. The van der Waals surface area contributed by atoms with Crippen LogP contribution in [-0.4, -0.2) is 49.0 Å². The molecule has 0 aliphatic carbocycles. The molecule has 0 bridgehead atoms. The Morgan fingerprint density at radius 3 is 1.69 bits per heavy atom. The first kappa shape index (κ1) is 32.7. The van der Waals surface area contributed by atoms with Crippen molar-refractivity contribution in [2.24, 2.45) is 0 Å². The predicted molar refractivity (Wildman–Crippen MR) is 190 cm³/mol. The topological polar surface area (TPSA) is 73.2 Å². The zero-order valence-corrected chi connectivity index (χ0v) is 28.5. The van der Waals surface area contributed by atoms with Gasteiger partial charge in [-0.15, -0.1) is 0 Å². The SMILES string of the molecule is COC(=O)[C@](CC[Se]c1ccccc1)(Cc1cn(C(c2ccccc2)(c2ccccc2)c2ccccc2)cn1)NC(=O)c1ccccc1. The number of amides is 1. The predicted octanol–water partition coefficient (Wildman–Crippen LogP) is 6.45. The molecule has 0 spiro atoms. The van der Waals surface area contributed by atoms with Crippen molar-refractivity contribution in [3.8, 4) is 0 Å². The first-order chi connectivity index (χ1) is 23.5. The van der Waals surface area contributed by atoms with Gasteiger partial charge in [0.2, 0.25) is 0 Å². The van der Waals surface area contributed by atoms with Crippen LogP contribution in [0.3, 0.4) is 0 Å². The summed E-state index contributed by atoms with van der Waals surface area (Å²) in [6.07, 6.45) is 4.38. The molecule has 1 atom stereocenters. The summed E-state index contributed by atoms with van der Waals surface area (Å²) in [6, 6.07) is 50.3. The van der Waals surface area contributed by atoms with Crippen LogP contribution in [0.4, 0.5) is 0 Å². The number of carbonyl (C=O) groups is 2. The number of nitrogens with one attached hydrogen (secondary N) is 1. The Labute approximate surface area is 288 Å². The van der Waals surface area contributed by atoms with Crippen LogP contribution in [-0.2, 0) is 21.5 Å². The van der Waals surface area contributed by atoms with E-state index in [1.807, 2.05) is 104 Å². The van der Waals surface area contributed by atoms with Gasteiger partial charge >= 0.3 is 289 Å². The number of hydrogen-bond acceptors (Lipinski definition) is 4. The van der Waals surface area contributed by atoms with Gasteiger partial charge in [0.1, 0.15) is 0 Å². The summed E-state index contributed by atoms with van der Waals surface area (Å²) in [7, 11) is 1.37. The van der Waals surface area contributed by atoms with Crippen molar-refractivity contribution in [1.29, 1.82) is 0 Å². The summed E-state index contributed by atoms with van der Waals surface area (Å²) in [5.74, 6) is -0.828. The van der Waals surface area contributed by atoms with E-state index < -0.39 is 17.0 Å². The van der Waals surface area contributed by atoms with E-state index in [1.54, 1.807) is 12.1 Å². The fourth-order valence-corrected chi connectivity index (χ4v) is 8.46. The molecule has 6 aromatic rings. The molecule has 6 rings (SSSR count). The molecule has 1 heterocycles. The quantitative estimate of drug-likeness (QED) is 0.0856. The van der Waals surface area contributed by atoms with Crippen LogP contribution >= 0.6 is 0 Å². The molecule has 0 saturated carbocycles. The molecule has 0 fully saturated rings.